The van der Waals surface area contributed by atoms with Gasteiger partial charge in [-0.15, -0.1) is 11.3 Å². The molecule has 0 unspecified atom stereocenters. The van der Waals surface area contributed by atoms with Crippen molar-refractivity contribution >= 4 is 34.0 Å². The van der Waals surface area contributed by atoms with Crippen LogP contribution in [-0.2, 0) is 22.7 Å². The van der Waals surface area contributed by atoms with Crippen LogP contribution in [0.5, 0.6) is 0 Å². The van der Waals surface area contributed by atoms with E-state index in [0.717, 1.165) is 23.4 Å². The van der Waals surface area contributed by atoms with Crippen molar-refractivity contribution < 1.29 is 14.0 Å². The number of hydrogen-bond donors (Lipinski definition) is 1. The van der Waals surface area contributed by atoms with E-state index >= 15 is 0 Å². The lowest BCUT2D eigenvalue weighted by molar-refractivity contribution is -0.122. The number of aromatic nitrogens is 3. The highest BCUT2D eigenvalue weighted by atomic mass is 32.1. The molecule has 1 aliphatic heterocycles. The van der Waals surface area contributed by atoms with Crippen LogP contribution in [0.25, 0.3) is 11.3 Å². The maximum absolute atomic E-state index is 13.6. The van der Waals surface area contributed by atoms with Gasteiger partial charge in [0.2, 0.25) is 11.8 Å². The number of carbonyl (C=O) groups excluding carboxylic acids is 2. The standard InChI is InChI=1S/C29H31FN6O2S/c1-2-35-18-25(16-31-35)32-28(38)23-12-14-34(15-13-23)19-27(37)36(17-21-8-10-24(30)11-9-21)29-33-26(20-39-29)22-6-4-3-5-7-22/h3-11,16,18,20,23H,2,12-15,17,19H2,1H3,(H,32,38). The molecule has 0 saturated carbocycles. The number of anilines is 2. The van der Waals surface area contributed by atoms with Crippen molar-refractivity contribution in [1.82, 2.24) is 19.7 Å². The largest absolute Gasteiger partial charge is 0.323 e. The molecule has 2 aromatic carbocycles. The first-order valence-electron chi connectivity index (χ1n) is 13.1. The second-order valence-electron chi connectivity index (χ2n) is 9.61. The molecule has 3 heterocycles. The van der Waals surface area contributed by atoms with E-state index in [2.05, 4.69) is 15.3 Å². The predicted molar refractivity (Wildman–Crippen MR) is 151 cm³/mol. The summed E-state index contributed by atoms with van der Waals surface area (Å²) >= 11 is 1.42. The number of carbonyl (C=O) groups is 2. The molecule has 0 radical (unpaired) electrons. The maximum atomic E-state index is 13.6. The van der Waals surface area contributed by atoms with Crippen molar-refractivity contribution in [1.29, 1.82) is 0 Å². The fraction of sp³-hybridized carbons (Fsp3) is 0.310. The summed E-state index contributed by atoms with van der Waals surface area (Å²) in [6, 6.07) is 16.0. The minimum absolute atomic E-state index is 0.00853. The Morgan fingerprint density at radius 2 is 1.85 bits per heavy atom. The summed E-state index contributed by atoms with van der Waals surface area (Å²) in [6.45, 7) is 4.55. The van der Waals surface area contributed by atoms with Crippen molar-refractivity contribution in [2.75, 3.05) is 29.9 Å². The number of nitrogens with zero attached hydrogens (tertiary/aromatic N) is 5. The number of benzene rings is 2. The molecule has 2 amide bonds. The van der Waals surface area contributed by atoms with Gasteiger partial charge in [0.1, 0.15) is 5.82 Å². The average molecular weight is 547 g/mol. The van der Waals surface area contributed by atoms with E-state index < -0.39 is 0 Å². The summed E-state index contributed by atoms with van der Waals surface area (Å²) in [5.41, 5.74) is 3.32. The fourth-order valence-corrected chi connectivity index (χ4v) is 5.49. The molecule has 5 rings (SSSR count). The van der Waals surface area contributed by atoms with Crippen LogP contribution >= 0.6 is 11.3 Å². The smallest absolute Gasteiger partial charge is 0.243 e. The lowest BCUT2D eigenvalue weighted by Crippen LogP contribution is -2.44. The van der Waals surface area contributed by atoms with Gasteiger partial charge < -0.3 is 5.32 Å². The van der Waals surface area contributed by atoms with Gasteiger partial charge in [-0.1, -0.05) is 42.5 Å². The first-order valence-corrected chi connectivity index (χ1v) is 14.0. The molecule has 4 aromatic rings. The minimum Gasteiger partial charge on any atom is -0.323 e. The predicted octanol–water partition coefficient (Wildman–Crippen LogP) is 5.05. The summed E-state index contributed by atoms with van der Waals surface area (Å²) in [5, 5.41) is 9.71. The number of amides is 2. The molecular formula is C29H31FN6O2S. The van der Waals surface area contributed by atoms with Gasteiger partial charge in [0.15, 0.2) is 5.13 Å². The average Bonchev–Trinajstić information content (AvgIpc) is 3.63. The topological polar surface area (TPSA) is 83.4 Å². The molecule has 0 atom stereocenters. The highest BCUT2D eigenvalue weighted by molar-refractivity contribution is 7.14. The van der Waals surface area contributed by atoms with Gasteiger partial charge in [0.05, 0.1) is 30.7 Å². The Morgan fingerprint density at radius 1 is 1.10 bits per heavy atom. The number of thiazole rings is 1. The highest BCUT2D eigenvalue weighted by Gasteiger charge is 2.28. The summed E-state index contributed by atoms with van der Waals surface area (Å²) in [7, 11) is 0. The van der Waals surface area contributed by atoms with Crippen LogP contribution in [0.4, 0.5) is 15.2 Å². The second-order valence-corrected chi connectivity index (χ2v) is 10.4. The Bertz CT molecular complexity index is 1400. The third-order valence-corrected chi connectivity index (χ3v) is 7.75. The molecule has 0 bridgehead atoms. The molecule has 8 nitrogen and oxygen atoms in total. The zero-order chi connectivity index (χ0) is 27.2. The number of rotatable bonds is 9. The molecule has 1 aliphatic rings. The van der Waals surface area contributed by atoms with E-state index in [4.69, 9.17) is 4.98 Å². The Kier molecular flexibility index (Phi) is 8.43. The van der Waals surface area contributed by atoms with E-state index in [9.17, 15) is 14.0 Å². The molecule has 1 N–H and O–H groups in total. The van der Waals surface area contributed by atoms with Crippen molar-refractivity contribution in [3.8, 4) is 11.3 Å². The minimum atomic E-state index is -0.316. The first kappa shape index (κ1) is 26.7. The zero-order valence-electron chi connectivity index (χ0n) is 21.8. The molecule has 39 heavy (non-hydrogen) atoms. The molecular weight excluding hydrogens is 515 g/mol. The molecule has 0 aliphatic carbocycles. The molecule has 202 valence electrons. The van der Waals surface area contributed by atoms with Gasteiger partial charge in [-0.05, 0) is 50.6 Å². The van der Waals surface area contributed by atoms with E-state index in [0.29, 0.717) is 43.3 Å². The number of piperidine rings is 1. The highest BCUT2D eigenvalue weighted by Crippen LogP contribution is 2.29. The zero-order valence-corrected chi connectivity index (χ0v) is 22.6. The van der Waals surface area contributed by atoms with E-state index in [-0.39, 0.29) is 30.1 Å². The summed E-state index contributed by atoms with van der Waals surface area (Å²) in [6.07, 6.45) is 4.83. The molecule has 1 fully saturated rings. The van der Waals surface area contributed by atoms with Crippen molar-refractivity contribution in [2.24, 2.45) is 5.92 Å². The summed E-state index contributed by atoms with van der Waals surface area (Å²) < 4.78 is 15.3. The number of halogens is 1. The summed E-state index contributed by atoms with van der Waals surface area (Å²) in [4.78, 5) is 34.9. The third-order valence-electron chi connectivity index (χ3n) is 6.89. The van der Waals surface area contributed by atoms with Crippen LogP contribution in [0.3, 0.4) is 0 Å². The lowest BCUT2D eigenvalue weighted by atomic mass is 9.96. The number of nitrogens with one attached hydrogen (secondary N) is 1. The quantitative estimate of drug-likeness (QED) is 0.318. The van der Waals surface area contributed by atoms with Gasteiger partial charge >= 0.3 is 0 Å². The third kappa shape index (κ3) is 6.76. The Balaban J connectivity index is 1.23. The Hall–Kier alpha value is -3.89. The molecule has 1 saturated heterocycles. The van der Waals surface area contributed by atoms with Crippen LogP contribution in [-0.4, -0.2) is 51.1 Å². The van der Waals surface area contributed by atoms with Gasteiger partial charge in [-0.3, -0.25) is 24.1 Å². The SMILES string of the molecule is CCn1cc(NC(=O)C2CCN(CC(=O)N(Cc3ccc(F)cc3)c3nc(-c4ccccc4)cs3)CC2)cn1. The van der Waals surface area contributed by atoms with Gasteiger partial charge in [-0.2, -0.15) is 5.10 Å². The van der Waals surface area contributed by atoms with Crippen LogP contribution in [0.2, 0.25) is 0 Å². The van der Waals surface area contributed by atoms with Crippen LogP contribution in [0, 0.1) is 11.7 Å². The Morgan fingerprint density at radius 3 is 2.54 bits per heavy atom. The normalized spacial score (nSPS) is 14.3. The van der Waals surface area contributed by atoms with Crippen molar-refractivity contribution in [3.63, 3.8) is 0 Å². The van der Waals surface area contributed by atoms with E-state index in [1.807, 2.05) is 48.8 Å². The first-order chi connectivity index (χ1) is 19.0. The molecule has 10 heteroatoms. The fourth-order valence-electron chi connectivity index (χ4n) is 4.64. The van der Waals surface area contributed by atoms with Crippen molar-refractivity contribution in [3.05, 3.63) is 83.8 Å². The van der Waals surface area contributed by atoms with E-state index in [1.54, 1.807) is 27.9 Å². The van der Waals surface area contributed by atoms with Gasteiger partial charge in [0, 0.05) is 29.6 Å². The second kappa shape index (κ2) is 12.3. The van der Waals surface area contributed by atoms with Gasteiger partial charge in [-0.25, -0.2) is 9.37 Å². The van der Waals surface area contributed by atoms with E-state index in [1.165, 1.54) is 23.5 Å². The Labute approximate surface area is 231 Å². The monoisotopic (exact) mass is 546 g/mol. The van der Waals surface area contributed by atoms with Gasteiger partial charge in [0.25, 0.3) is 0 Å². The lowest BCUT2D eigenvalue weighted by Gasteiger charge is -2.32. The van der Waals surface area contributed by atoms with Crippen LogP contribution < -0.4 is 10.2 Å². The van der Waals surface area contributed by atoms with Crippen molar-refractivity contribution in [2.45, 2.75) is 32.9 Å². The van der Waals surface area contributed by atoms with Crippen LogP contribution in [0.15, 0.2) is 72.4 Å². The van der Waals surface area contributed by atoms with Crippen LogP contribution in [0.1, 0.15) is 25.3 Å². The summed E-state index contributed by atoms with van der Waals surface area (Å²) in [5.74, 6) is -0.513. The maximum Gasteiger partial charge on any atom is 0.243 e. The molecule has 2 aromatic heterocycles. The number of hydrogen-bond acceptors (Lipinski definition) is 6. The number of aryl methyl sites for hydroxylation is 1. The number of likely N-dealkylation sites (tertiary alicyclic amines) is 1. The molecule has 0 spiro atoms.